The predicted octanol–water partition coefficient (Wildman–Crippen LogP) is 0.953. The highest BCUT2D eigenvalue weighted by atomic mass is 16.2. The van der Waals surface area contributed by atoms with Crippen molar-refractivity contribution in [2.45, 2.75) is 45.3 Å². The summed E-state index contributed by atoms with van der Waals surface area (Å²) in [6.45, 7) is 4.94. The quantitative estimate of drug-likeness (QED) is 0.705. The standard InChI is InChI=1S/C10H18N2O/c1-3-4-9-11-6-10(13)12(9)8-5-7(8)2/h7-9,11H,3-6H2,1-2H3. The molecular formula is C10H18N2O. The molecular weight excluding hydrogens is 164 g/mol. The van der Waals surface area contributed by atoms with E-state index in [0.29, 0.717) is 24.7 Å². The lowest BCUT2D eigenvalue weighted by Crippen LogP contribution is -2.39. The molecule has 74 valence electrons. The minimum Gasteiger partial charge on any atom is -0.323 e. The number of hydrogen-bond acceptors (Lipinski definition) is 2. The van der Waals surface area contributed by atoms with Crippen LogP contribution in [0.2, 0.25) is 0 Å². The molecule has 1 saturated carbocycles. The Morgan fingerprint density at radius 1 is 1.62 bits per heavy atom. The highest BCUT2D eigenvalue weighted by molar-refractivity contribution is 5.81. The summed E-state index contributed by atoms with van der Waals surface area (Å²) in [6.07, 6.45) is 3.76. The first-order valence-corrected chi connectivity index (χ1v) is 5.28. The summed E-state index contributed by atoms with van der Waals surface area (Å²) >= 11 is 0. The van der Waals surface area contributed by atoms with Gasteiger partial charge in [-0.2, -0.15) is 0 Å². The molecule has 1 saturated heterocycles. The van der Waals surface area contributed by atoms with Gasteiger partial charge in [0, 0.05) is 6.04 Å². The average molecular weight is 182 g/mol. The summed E-state index contributed by atoms with van der Waals surface area (Å²) in [5.74, 6) is 1.02. The predicted molar refractivity (Wildman–Crippen MR) is 51.1 cm³/mol. The monoisotopic (exact) mass is 182 g/mol. The van der Waals surface area contributed by atoms with Crippen molar-refractivity contribution in [1.29, 1.82) is 0 Å². The van der Waals surface area contributed by atoms with E-state index in [0.717, 1.165) is 18.8 Å². The second-order valence-corrected chi connectivity index (χ2v) is 4.27. The van der Waals surface area contributed by atoms with Crippen LogP contribution in [0.25, 0.3) is 0 Å². The van der Waals surface area contributed by atoms with E-state index in [2.05, 4.69) is 24.1 Å². The van der Waals surface area contributed by atoms with E-state index in [1.165, 1.54) is 6.42 Å². The Hall–Kier alpha value is -0.570. The molecule has 0 aromatic carbocycles. The van der Waals surface area contributed by atoms with E-state index < -0.39 is 0 Å². The van der Waals surface area contributed by atoms with E-state index in [1.807, 2.05) is 0 Å². The minimum absolute atomic E-state index is 0.299. The molecule has 3 atom stereocenters. The number of nitrogens with zero attached hydrogens (tertiary/aromatic N) is 1. The van der Waals surface area contributed by atoms with Gasteiger partial charge in [-0.1, -0.05) is 20.3 Å². The van der Waals surface area contributed by atoms with Crippen molar-refractivity contribution in [3.63, 3.8) is 0 Å². The fourth-order valence-corrected chi connectivity index (χ4v) is 2.19. The number of nitrogens with one attached hydrogen (secondary N) is 1. The van der Waals surface area contributed by atoms with Crippen molar-refractivity contribution in [3.05, 3.63) is 0 Å². The van der Waals surface area contributed by atoms with Crippen molar-refractivity contribution in [1.82, 2.24) is 10.2 Å². The molecule has 0 spiro atoms. The van der Waals surface area contributed by atoms with Crippen molar-refractivity contribution in [2.75, 3.05) is 6.54 Å². The Morgan fingerprint density at radius 2 is 2.31 bits per heavy atom. The minimum atomic E-state index is 0.299. The molecule has 0 radical (unpaired) electrons. The molecule has 1 amide bonds. The number of rotatable bonds is 3. The van der Waals surface area contributed by atoms with Gasteiger partial charge in [-0.05, 0) is 18.8 Å². The van der Waals surface area contributed by atoms with Crippen LogP contribution in [0.3, 0.4) is 0 Å². The molecule has 3 nitrogen and oxygen atoms in total. The van der Waals surface area contributed by atoms with Gasteiger partial charge in [0.2, 0.25) is 5.91 Å². The molecule has 0 bridgehead atoms. The topological polar surface area (TPSA) is 32.3 Å². The van der Waals surface area contributed by atoms with Crippen molar-refractivity contribution < 1.29 is 4.79 Å². The highest BCUT2D eigenvalue weighted by Gasteiger charge is 2.45. The molecule has 2 aliphatic rings. The van der Waals surface area contributed by atoms with Crippen LogP contribution in [0, 0.1) is 5.92 Å². The van der Waals surface area contributed by atoms with E-state index >= 15 is 0 Å². The molecule has 0 aromatic rings. The summed E-state index contributed by atoms with van der Waals surface area (Å²) in [5.41, 5.74) is 0. The van der Waals surface area contributed by atoms with Gasteiger partial charge in [0.05, 0.1) is 12.7 Å². The molecule has 3 unspecified atom stereocenters. The highest BCUT2D eigenvalue weighted by Crippen LogP contribution is 2.37. The van der Waals surface area contributed by atoms with Crippen molar-refractivity contribution in [2.24, 2.45) is 5.92 Å². The fourth-order valence-electron chi connectivity index (χ4n) is 2.19. The zero-order chi connectivity index (χ0) is 9.42. The normalized spacial score (nSPS) is 38.5. The Labute approximate surface area is 79.5 Å². The Kier molecular flexibility index (Phi) is 2.28. The maximum atomic E-state index is 11.5. The van der Waals surface area contributed by atoms with Gasteiger partial charge in [0.25, 0.3) is 0 Å². The van der Waals surface area contributed by atoms with Crippen LogP contribution in [0.5, 0.6) is 0 Å². The molecule has 1 aliphatic carbocycles. The molecule has 1 N–H and O–H groups in total. The van der Waals surface area contributed by atoms with Crippen LogP contribution in [0.1, 0.15) is 33.1 Å². The first-order chi connectivity index (χ1) is 6.24. The summed E-state index contributed by atoms with van der Waals surface area (Å²) in [7, 11) is 0. The summed E-state index contributed by atoms with van der Waals surface area (Å²) < 4.78 is 0. The second-order valence-electron chi connectivity index (χ2n) is 4.27. The summed E-state index contributed by atoms with van der Waals surface area (Å²) in [5, 5.41) is 3.28. The van der Waals surface area contributed by atoms with Crippen molar-refractivity contribution >= 4 is 5.91 Å². The number of amides is 1. The maximum absolute atomic E-state index is 11.5. The van der Waals surface area contributed by atoms with Crippen LogP contribution in [0.4, 0.5) is 0 Å². The first kappa shape index (κ1) is 9.00. The number of carbonyl (C=O) groups is 1. The van der Waals surface area contributed by atoms with E-state index in [1.54, 1.807) is 0 Å². The molecule has 1 heterocycles. The van der Waals surface area contributed by atoms with Gasteiger partial charge in [-0.15, -0.1) is 0 Å². The first-order valence-electron chi connectivity index (χ1n) is 5.28. The van der Waals surface area contributed by atoms with E-state index in [4.69, 9.17) is 0 Å². The van der Waals surface area contributed by atoms with Crippen LogP contribution in [-0.4, -0.2) is 29.6 Å². The Balaban J connectivity index is 1.99. The van der Waals surface area contributed by atoms with E-state index in [9.17, 15) is 4.79 Å². The van der Waals surface area contributed by atoms with E-state index in [-0.39, 0.29) is 0 Å². The third-order valence-corrected chi connectivity index (χ3v) is 3.10. The number of carbonyl (C=O) groups excluding carboxylic acids is 1. The second kappa shape index (κ2) is 3.29. The summed E-state index contributed by atoms with van der Waals surface area (Å²) in [6, 6.07) is 0.541. The largest absolute Gasteiger partial charge is 0.323 e. The van der Waals surface area contributed by atoms with Crippen LogP contribution < -0.4 is 5.32 Å². The summed E-state index contributed by atoms with van der Waals surface area (Å²) in [4.78, 5) is 13.6. The zero-order valence-electron chi connectivity index (χ0n) is 8.42. The fraction of sp³-hybridized carbons (Fsp3) is 0.900. The van der Waals surface area contributed by atoms with Gasteiger partial charge in [-0.25, -0.2) is 0 Å². The number of hydrogen-bond donors (Lipinski definition) is 1. The SMILES string of the molecule is CCCC1NCC(=O)N1C1CC1C. The Morgan fingerprint density at radius 3 is 2.85 bits per heavy atom. The molecule has 1 aliphatic heterocycles. The van der Waals surface area contributed by atoms with Crippen LogP contribution in [-0.2, 0) is 4.79 Å². The van der Waals surface area contributed by atoms with Crippen molar-refractivity contribution in [3.8, 4) is 0 Å². The molecule has 2 fully saturated rings. The lowest BCUT2D eigenvalue weighted by molar-refractivity contribution is -0.128. The van der Waals surface area contributed by atoms with Gasteiger partial charge in [-0.3, -0.25) is 10.1 Å². The lowest BCUT2D eigenvalue weighted by Gasteiger charge is -2.24. The zero-order valence-corrected chi connectivity index (χ0v) is 8.42. The average Bonchev–Trinajstić information content (AvgIpc) is 2.68. The molecule has 2 rings (SSSR count). The maximum Gasteiger partial charge on any atom is 0.238 e. The van der Waals surface area contributed by atoms with Gasteiger partial charge >= 0.3 is 0 Å². The van der Waals surface area contributed by atoms with Crippen LogP contribution in [0.15, 0.2) is 0 Å². The van der Waals surface area contributed by atoms with Gasteiger partial charge in [0.15, 0.2) is 0 Å². The Bertz CT molecular complexity index is 217. The third-order valence-electron chi connectivity index (χ3n) is 3.10. The molecule has 0 aromatic heterocycles. The van der Waals surface area contributed by atoms with Gasteiger partial charge in [0.1, 0.15) is 0 Å². The van der Waals surface area contributed by atoms with Crippen LogP contribution >= 0.6 is 0 Å². The molecule has 3 heteroatoms. The third kappa shape index (κ3) is 1.57. The lowest BCUT2D eigenvalue weighted by atomic mass is 10.2. The smallest absolute Gasteiger partial charge is 0.238 e. The molecule has 13 heavy (non-hydrogen) atoms. The van der Waals surface area contributed by atoms with Gasteiger partial charge < -0.3 is 4.90 Å².